The maximum Gasteiger partial charge on any atom is 0.211 e. The van der Waals surface area contributed by atoms with Gasteiger partial charge < -0.3 is 10.2 Å². The van der Waals surface area contributed by atoms with Crippen LogP contribution in [0.5, 0.6) is 0 Å². The van der Waals surface area contributed by atoms with E-state index in [0.717, 1.165) is 28.7 Å². The number of fused-ring (bicyclic) bond motifs is 8. The number of benzene rings is 3. The van der Waals surface area contributed by atoms with Crippen LogP contribution < -0.4 is 0 Å². The normalized spacial score (nSPS) is 25.6. The van der Waals surface area contributed by atoms with E-state index in [1.54, 1.807) is 0 Å². The van der Waals surface area contributed by atoms with Crippen LogP contribution in [0.3, 0.4) is 0 Å². The van der Waals surface area contributed by atoms with Gasteiger partial charge >= 0.3 is 0 Å². The Morgan fingerprint density at radius 3 is 2.41 bits per heavy atom. The number of hydrogen-bond acceptors (Lipinski definition) is 5. The SMILES string of the molecule is CCCN(CC1(O)CCC2c3ccc(cc3C(=O)c3ccccc3-c3ccccc3)CC(O)CCC(C)=CCCC21C)S(C)(=O)=O. The lowest BCUT2D eigenvalue weighted by atomic mass is 9.64. The molecule has 3 aliphatic rings. The van der Waals surface area contributed by atoms with Gasteiger partial charge in [-0.1, -0.05) is 92.2 Å². The largest absolute Gasteiger partial charge is 0.393 e. The average molecular weight is 644 g/mol. The van der Waals surface area contributed by atoms with Crippen molar-refractivity contribution in [1.29, 1.82) is 0 Å². The molecule has 46 heavy (non-hydrogen) atoms. The molecule has 4 atom stereocenters. The van der Waals surface area contributed by atoms with Crippen molar-refractivity contribution in [2.75, 3.05) is 19.3 Å². The van der Waals surface area contributed by atoms with Crippen LogP contribution in [-0.2, 0) is 16.4 Å². The molecule has 0 radical (unpaired) electrons. The van der Waals surface area contributed by atoms with Crippen LogP contribution in [-0.4, -0.2) is 59.8 Å². The lowest BCUT2D eigenvalue weighted by Gasteiger charge is -2.45. The van der Waals surface area contributed by atoms with Gasteiger partial charge in [0.05, 0.1) is 18.0 Å². The number of aliphatic hydroxyl groups excluding tert-OH is 1. The molecule has 7 heteroatoms. The van der Waals surface area contributed by atoms with Gasteiger partial charge in [0.2, 0.25) is 10.0 Å². The number of rotatable bonds is 8. The summed E-state index contributed by atoms with van der Waals surface area (Å²) in [6, 6.07) is 23.6. The van der Waals surface area contributed by atoms with Gasteiger partial charge in [-0.05, 0) is 92.5 Å². The predicted molar refractivity (Wildman–Crippen MR) is 185 cm³/mol. The molecule has 6 nitrogen and oxygen atoms in total. The summed E-state index contributed by atoms with van der Waals surface area (Å²) in [6.45, 7) is 6.49. The van der Waals surface area contributed by atoms with Crippen LogP contribution in [0.2, 0.25) is 0 Å². The van der Waals surface area contributed by atoms with Crippen molar-refractivity contribution in [3.05, 3.63) is 107 Å². The van der Waals surface area contributed by atoms with E-state index in [4.69, 9.17) is 0 Å². The highest BCUT2D eigenvalue weighted by Gasteiger charge is 2.57. The second-order valence-electron chi connectivity index (χ2n) is 13.8. The Hall–Kier alpha value is -3.10. The molecule has 246 valence electrons. The number of carbonyl (C=O) groups is 1. The number of hydrogen-bond donors (Lipinski definition) is 2. The van der Waals surface area contributed by atoms with Gasteiger partial charge in [0.1, 0.15) is 0 Å². The standard InChI is InChI=1S/C39H49NO5S/c1-5-24-40(46(4,44)45)27-39(43)23-21-36-33-20-18-29(25-31(41)19-17-28(2)12-11-22-38(36,39)3)26-35(33)37(42)34-16-10-9-15-32(34)30-13-7-6-8-14-30/h6-10,12-16,18,20,26,31,36,41,43H,5,11,17,19,21-25,27H2,1-4H3. The van der Waals surface area contributed by atoms with Gasteiger partial charge in [-0.3, -0.25) is 4.79 Å². The topological polar surface area (TPSA) is 94.9 Å². The minimum Gasteiger partial charge on any atom is -0.393 e. The molecule has 2 bridgehead atoms. The van der Waals surface area contributed by atoms with Gasteiger partial charge in [0.25, 0.3) is 0 Å². The molecule has 1 fully saturated rings. The summed E-state index contributed by atoms with van der Waals surface area (Å²) < 4.78 is 27.1. The maximum absolute atomic E-state index is 14.7. The summed E-state index contributed by atoms with van der Waals surface area (Å²) in [5.41, 5.74) is 3.99. The Morgan fingerprint density at radius 2 is 1.70 bits per heavy atom. The quantitative estimate of drug-likeness (QED) is 0.199. The van der Waals surface area contributed by atoms with Crippen molar-refractivity contribution >= 4 is 15.8 Å². The minimum absolute atomic E-state index is 0.0275. The van der Waals surface area contributed by atoms with E-state index in [-0.39, 0.29) is 18.2 Å². The monoisotopic (exact) mass is 643 g/mol. The molecular formula is C39H49NO5S. The van der Waals surface area contributed by atoms with Gasteiger partial charge in [0.15, 0.2) is 5.78 Å². The third kappa shape index (κ3) is 7.08. The molecule has 2 N–H and O–H groups in total. The summed E-state index contributed by atoms with van der Waals surface area (Å²) in [6.07, 6.45) is 7.77. The predicted octanol–water partition coefficient (Wildman–Crippen LogP) is 7.29. The van der Waals surface area contributed by atoms with E-state index in [1.807, 2.05) is 79.7 Å². The van der Waals surface area contributed by atoms with Crippen molar-refractivity contribution in [1.82, 2.24) is 4.31 Å². The molecular weight excluding hydrogens is 594 g/mol. The molecule has 6 rings (SSSR count). The number of aliphatic hydroxyl groups is 2. The van der Waals surface area contributed by atoms with Gasteiger partial charge in [0, 0.05) is 29.6 Å². The molecule has 3 aromatic rings. The first-order valence-corrected chi connectivity index (χ1v) is 18.5. The number of carbonyl (C=O) groups excluding carboxylic acids is 1. The third-order valence-corrected chi connectivity index (χ3v) is 11.8. The van der Waals surface area contributed by atoms with Crippen LogP contribution in [0, 0.1) is 5.41 Å². The maximum atomic E-state index is 14.7. The average Bonchev–Trinajstić information content (AvgIpc) is 3.28. The van der Waals surface area contributed by atoms with Crippen molar-refractivity contribution in [3.8, 4) is 11.1 Å². The molecule has 1 saturated carbocycles. The lowest BCUT2D eigenvalue weighted by molar-refractivity contribution is -0.0723. The van der Waals surface area contributed by atoms with Crippen LogP contribution in [0.15, 0.2) is 84.4 Å². The number of nitrogens with zero attached hydrogens (tertiary/aromatic N) is 1. The summed E-state index contributed by atoms with van der Waals surface area (Å²) in [5, 5.41) is 23.5. The zero-order valence-corrected chi connectivity index (χ0v) is 28.5. The Bertz CT molecular complexity index is 1680. The summed E-state index contributed by atoms with van der Waals surface area (Å²) in [5.74, 6) is -0.269. The van der Waals surface area contributed by atoms with Gasteiger partial charge in [-0.2, -0.15) is 4.31 Å². The van der Waals surface area contributed by atoms with Crippen LogP contribution in [0.1, 0.15) is 98.7 Å². The first-order chi connectivity index (χ1) is 21.9. The number of ketones is 1. The Balaban J connectivity index is 1.66. The van der Waals surface area contributed by atoms with Gasteiger partial charge in [-0.25, -0.2) is 8.42 Å². The first-order valence-electron chi connectivity index (χ1n) is 16.7. The second kappa shape index (κ2) is 13.9. The fourth-order valence-electron chi connectivity index (χ4n) is 7.80. The Labute approximate surface area is 275 Å². The highest BCUT2D eigenvalue weighted by Crippen LogP contribution is 2.59. The molecule has 0 spiro atoms. The zero-order valence-electron chi connectivity index (χ0n) is 27.7. The highest BCUT2D eigenvalue weighted by molar-refractivity contribution is 7.88. The fourth-order valence-corrected chi connectivity index (χ4v) is 8.76. The number of sulfonamides is 1. The van der Waals surface area contributed by atoms with Crippen molar-refractivity contribution < 1.29 is 23.4 Å². The molecule has 3 aliphatic carbocycles. The van der Waals surface area contributed by atoms with E-state index in [2.05, 4.69) is 19.9 Å². The molecule has 0 saturated heterocycles. The van der Waals surface area contributed by atoms with Gasteiger partial charge in [-0.15, -0.1) is 0 Å². The minimum atomic E-state index is -3.53. The Kier molecular flexibility index (Phi) is 10.4. The van der Waals surface area contributed by atoms with E-state index in [1.165, 1.54) is 16.1 Å². The fraction of sp³-hybridized carbons (Fsp3) is 0.462. The Morgan fingerprint density at radius 1 is 0.978 bits per heavy atom. The van der Waals surface area contributed by atoms with E-state index < -0.39 is 27.1 Å². The van der Waals surface area contributed by atoms with Crippen LogP contribution >= 0.6 is 0 Å². The first kappa shape index (κ1) is 34.2. The van der Waals surface area contributed by atoms with Crippen molar-refractivity contribution in [2.45, 2.75) is 89.8 Å². The number of allylic oxidation sites excluding steroid dienone is 2. The van der Waals surface area contributed by atoms with E-state index in [9.17, 15) is 23.4 Å². The molecule has 0 aliphatic heterocycles. The molecule has 4 unspecified atom stereocenters. The second-order valence-corrected chi connectivity index (χ2v) is 15.8. The molecule has 0 aromatic heterocycles. The van der Waals surface area contributed by atoms with Crippen molar-refractivity contribution in [2.24, 2.45) is 5.41 Å². The molecule has 0 heterocycles. The summed E-state index contributed by atoms with van der Waals surface area (Å²) >= 11 is 0. The molecule has 3 aromatic carbocycles. The summed E-state index contributed by atoms with van der Waals surface area (Å²) in [4.78, 5) is 14.7. The van der Waals surface area contributed by atoms with Crippen molar-refractivity contribution in [3.63, 3.8) is 0 Å². The smallest absolute Gasteiger partial charge is 0.211 e. The van der Waals surface area contributed by atoms with E-state index >= 15 is 0 Å². The highest BCUT2D eigenvalue weighted by atomic mass is 32.2. The summed E-state index contributed by atoms with van der Waals surface area (Å²) in [7, 11) is -3.53. The third-order valence-electron chi connectivity index (χ3n) is 10.6. The van der Waals surface area contributed by atoms with Crippen LogP contribution in [0.4, 0.5) is 0 Å². The molecule has 0 amide bonds. The zero-order chi connectivity index (χ0) is 33.1. The lowest BCUT2D eigenvalue weighted by Crippen LogP contribution is -2.53. The van der Waals surface area contributed by atoms with Crippen LogP contribution in [0.25, 0.3) is 11.1 Å². The van der Waals surface area contributed by atoms with E-state index in [0.29, 0.717) is 62.6 Å².